The zero-order chi connectivity index (χ0) is 18.7. The Balaban J connectivity index is 1.61. The zero-order valence-electron chi connectivity index (χ0n) is 15.6. The lowest BCUT2D eigenvalue weighted by Gasteiger charge is -2.35. The molecule has 144 valence electrons. The van der Waals surface area contributed by atoms with Crippen molar-refractivity contribution in [3.05, 3.63) is 24.3 Å². The second-order valence-electron chi connectivity index (χ2n) is 7.35. The minimum absolute atomic E-state index is 0.0444. The molecule has 0 aromatic heterocycles. The molecule has 1 amide bonds. The van der Waals surface area contributed by atoms with Crippen LogP contribution in [0.4, 0.5) is 0 Å². The number of hydrogen-bond donors (Lipinski definition) is 0. The van der Waals surface area contributed by atoms with Crippen LogP contribution in [0.5, 0.6) is 5.75 Å². The highest BCUT2D eigenvalue weighted by Gasteiger charge is 2.33. The van der Waals surface area contributed by atoms with Crippen LogP contribution < -0.4 is 4.74 Å². The van der Waals surface area contributed by atoms with Crippen LogP contribution in [0.15, 0.2) is 29.2 Å². The number of carbonyl (C=O) groups excluding carboxylic acids is 1. The summed E-state index contributed by atoms with van der Waals surface area (Å²) in [5.41, 5.74) is 0. The molecule has 1 aliphatic heterocycles. The number of piperazine rings is 1. The van der Waals surface area contributed by atoms with Crippen LogP contribution in [0.25, 0.3) is 0 Å². The Kier molecular flexibility index (Phi) is 5.87. The molecular weight excluding hydrogens is 352 g/mol. The third-order valence-electron chi connectivity index (χ3n) is 5.09. The summed E-state index contributed by atoms with van der Waals surface area (Å²) in [7, 11) is -3.54. The molecule has 1 saturated heterocycles. The molecule has 0 bridgehead atoms. The quantitative estimate of drug-likeness (QED) is 0.787. The largest absolute Gasteiger partial charge is 0.491 e. The number of benzene rings is 1. The fourth-order valence-electron chi connectivity index (χ4n) is 3.69. The average Bonchev–Trinajstić information content (AvgIpc) is 3.16. The van der Waals surface area contributed by atoms with E-state index in [1.165, 1.54) is 4.31 Å². The van der Waals surface area contributed by atoms with Crippen LogP contribution in [-0.4, -0.2) is 55.8 Å². The summed E-state index contributed by atoms with van der Waals surface area (Å²) in [5, 5.41) is 0. The molecule has 1 aromatic carbocycles. The predicted molar refractivity (Wildman–Crippen MR) is 99.5 cm³/mol. The van der Waals surface area contributed by atoms with E-state index in [9.17, 15) is 13.2 Å². The highest BCUT2D eigenvalue weighted by molar-refractivity contribution is 7.89. The van der Waals surface area contributed by atoms with E-state index < -0.39 is 10.0 Å². The molecule has 1 heterocycles. The molecular formula is C19H28N2O4S. The number of amides is 1. The third kappa shape index (κ3) is 4.20. The van der Waals surface area contributed by atoms with Gasteiger partial charge in [0.05, 0.1) is 11.0 Å². The van der Waals surface area contributed by atoms with Crippen molar-refractivity contribution in [1.29, 1.82) is 0 Å². The second-order valence-corrected chi connectivity index (χ2v) is 9.29. The van der Waals surface area contributed by atoms with Crippen LogP contribution in [0.3, 0.4) is 0 Å². The third-order valence-corrected chi connectivity index (χ3v) is 7.00. The topological polar surface area (TPSA) is 66.9 Å². The van der Waals surface area contributed by atoms with Gasteiger partial charge in [0.2, 0.25) is 15.9 Å². The smallest absolute Gasteiger partial charge is 0.243 e. The number of rotatable bonds is 5. The fourth-order valence-corrected chi connectivity index (χ4v) is 5.11. The summed E-state index contributed by atoms with van der Waals surface area (Å²) in [4.78, 5) is 14.6. The maximum absolute atomic E-state index is 12.8. The molecule has 3 rings (SSSR count). The first-order valence-corrected chi connectivity index (χ1v) is 10.9. The van der Waals surface area contributed by atoms with E-state index in [4.69, 9.17) is 4.74 Å². The van der Waals surface area contributed by atoms with Crippen molar-refractivity contribution in [2.45, 2.75) is 50.5 Å². The van der Waals surface area contributed by atoms with Gasteiger partial charge in [-0.1, -0.05) is 12.8 Å². The fraction of sp³-hybridized carbons (Fsp3) is 0.632. The Labute approximate surface area is 156 Å². The molecule has 1 saturated carbocycles. The first-order chi connectivity index (χ1) is 12.4. The van der Waals surface area contributed by atoms with Gasteiger partial charge in [-0.15, -0.1) is 0 Å². The summed E-state index contributed by atoms with van der Waals surface area (Å²) in [6.45, 7) is 5.51. The first-order valence-electron chi connectivity index (χ1n) is 9.43. The van der Waals surface area contributed by atoms with Crippen molar-refractivity contribution >= 4 is 15.9 Å². The Bertz CT molecular complexity index is 716. The minimum Gasteiger partial charge on any atom is -0.491 e. The van der Waals surface area contributed by atoms with Crippen LogP contribution in [0.1, 0.15) is 39.5 Å². The molecule has 1 aliphatic carbocycles. The van der Waals surface area contributed by atoms with Gasteiger partial charge in [-0.25, -0.2) is 8.42 Å². The summed E-state index contributed by atoms with van der Waals surface area (Å²) < 4.78 is 32.7. The molecule has 0 atom stereocenters. The number of ether oxygens (including phenoxy) is 1. The molecule has 0 unspecified atom stereocenters. The predicted octanol–water partition coefficient (Wildman–Crippen LogP) is 2.50. The van der Waals surface area contributed by atoms with E-state index in [0.29, 0.717) is 31.9 Å². The minimum atomic E-state index is -3.54. The van der Waals surface area contributed by atoms with E-state index in [0.717, 1.165) is 25.7 Å². The van der Waals surface area contributed by atoms with Crippen molar-refractivity contribution in [3.8, 4) is 5.75 Å². The molecule has 7 heteroatoms. The van der Waals surface area contributed by atoms with E-state index in [-0.39, 0.29) is 22.8 Å². The highest BCUT2D eigenvalue weighted by atomic mass is 32.2. The molecule has 0 spiro atoms. The van der Waals surface area contributed by atoms with Gasteiger partial charge in [0.25, 0.3) is 0 Å². The van der Waals surface area contributed by atoms with Crippen molar-refractivity contribution in [1.82, 2.24) is 9.21 Å². The van der Waals surface area contributed by atoms with Gasteiger partial charge in [-0.3, -0.25) is 4.79 Å². The molecule has 2 fully saturated rings. The van der Waals surface area contributed by atoms with Crippen LogP contribution in [-0.2, 0) is 14.8 Å². The van der Waals surface area contributed by atoms with Gasteiger partial charge in [-0.05, 0) is 51.0 Å². The summed E-state index contributed by atoms with van der Waals surface area (Å²) in [6, 6.07) is 6.55. The lowest BCUT2D eigenvalue weighted by atomic mass is 10.1. The van der Waals surface area contributed by atoms with Crippen LogP contribution in [0.2, 0.25) is 0 Å². The standard InChI is InChI=1S/C19H28N2O4S/c1-15(2)25-17-7-9-18(10-8-17)26(23,24)21-13-11-20(12-14-21)19(22)16-5-3-4-6-16/h7-10,15-16H,3-6,11-14H2,1-2H3. The summed E-state index contributed by atoms with van der Waals surface area (Å²) in [6.07, 6.45) is 4.25. The summed E-state index contributed by atoms with van der Waals surface area (Å²) in [5.74, 6) is 1.01. The Hall–Kier alpha value is -1.60. The Morgan fingerprint density at radius 3 is 2.15 bits per heavy atom. The van der Waals surface area contributed by atoms with Crippen molar-refractivity contribution in [2.75, 3.05) is 26.2 Å². The maximum atomic E-state index is 12.8. The molecule has 0 radical (unpaired) electrons. The molecule has 1 aromatic rings. The van der Waals surface area contributed by atoms with Gasteiger partial charge >= 0.3 is 0 Å². The summed E-state index contributed by atoms with van der Waals surface area (Å²) >= 11 is 0. The lowest BCUT2D eigenvalue weighted by molar-refractivity contribution is -0.136. The number of carbonyl (C=O) groups is 1. The molecule has 2 aliphatic rings. The van der Waals surface area contributed by atoms with Gasteiger partial charge in [-0.2, -0.15) is 4.31 Å². The van der Waals surface area contributed by atoms with E-state index >= 15 is 0 Å². The molecule has 26 heavy (non-hydrogen) atoms. The van der Waals surface area contributed by atoms with E-state index in [1.54, 1.807) is 24.3 Å². The van der Waals surface area contributed by atoms with Crippen LogP contribution >= 0.6 is 0 Å². The SMILES string of the molecule is CC(C)Oc1ccc(S(=O)(=O)N2CCN(C(=O)C3CCCC3)CC2)cc1. The zero-order valence-corrected chi connectivity index (χ0v) is 16.4. The van der Waals surface area contributed by atoms with Gasteiger partial charge in [0.1, 0.15) is 5.75 Å². The number of sulfonamides is 1. The highest BCUT2D eigenvalue weighted by Crippen LogP contribution is 2.27. The Morgan fingerprint density at radius 2 is 1.62 bits per heavy atom. The van der Waals surface area contributed by atoms with Crippen molar-refractivity contribution in [3.63, 3.8) is 0 Å². The Morgan fingerprint density at radius 1 is 1.04 bits per heavy atom. The monoisotopic (exact) mass is 380 g/mol. The molecule has 0 N–H and O–H groups in total. The number of nitrogens with zero attached hydrogens (tertiary/aromatic N) is 2. The van der Waals surface area contributed by atoms with Crippen molar-refractivity contribution in [2.24, 2.45) is 5.92 Å². The average molecular weight is 381 g/mol. The first kappa shape index (κ1) is 19.2. The lowest BCUT2D eigenvalue weighted by Crippen LogP contribution is -2.51. The van der Waals surface area contributed by atoms with Gasteiger partial charge in [0.15, 0.2) is 0 Å². The van der Waals surface area contributed by atoms with E-state index in [2.05, 4.69) is 0 Å². The van der Waals surface area contributed by atoms with Gasteiger partial charge in [0, 0.05) is 32.1 Å². The normalized spacial score (nSPS) is 19.9. The second kappa shape index (κ2) is 7.96. The maximum Gasteiger partial charge on any atom is 0.243 e. The van der Waals surface area contributed by atoms with Crippen molar-refractivity contribution < 1.29 is 17.9 Å². The van der Waals surface area contributed by atoms with Crippen LogP contribution in [0, 0.1) is 5.92 Å². The van der Waals surface area contributed by atoms with E-state index in [1.807, 2.05) is 18.7 Å². The molecule has 6 nitrogen and oxygen atoms in total. The number of hydrogen-bond acceptors (Lipinski definition) is 4. The van der Waals surface area contributed by atoms with Gasteiger partial charge < -0.3 is 9.64 Å².